The van der Waals surface area contributed by atoms with Crippen molar-refractivity contribution in [3.63, 3.8) is 0 Å². The van der Waals surface area contributed by atoms with E-state index in [0.717, 1.165) is 5.56 Å². The van der Waals surface area contributed by atoms with Gasteiger partial charge in [-0.3, -0.25) is 0 Å². The van der Waals surface area contributed by atoms with Gasteiger partial charge in [0.25, 0.3) is 0 Å². The molecule has 1 rings (SSSR count). The summed E-state index contributed by atoms with van der Waals surface area (Å²) in [5.74, 6) is -0.365. The van der Waals surface area contributed by atoms with Gasteiger partial charge in [0.1, 0.15) is 0 Å². The first-order valence-electron chi connectivity index (χ1n) is 4.08. The molecule has 0 saturated heterocycles. The second-order valence-corrected chi connectivity index (χ2v) is 3.11. The quantitative estimate of drug-likeness (QED) is 0.684. The Kier molecular flexibility index (Phi) is 3.32. The lowest BCUT2D eigenvalue weighted by Gasteiger charge is -2.04. The minimum atomic E-state index is -0.365. The van der Waals surface area contributed by atoms with Crippen LogP contribution in [-0.4, -0.2) is 12.6 Å². The van der Waals surface area contributed by atoms with E-state index in [1.165, 1.54) is 0 Å². The Morgan fingerprint density at radius 2 is 2.23 bits per heavy atom. The number of esters is 1. The number of carbonyl (C=O) groups is 1. The molecule has 0 atom stereocenters. The summed E-state index contributed by atoms with van der Waals surface area (Å²) >= 11 is 5.83. The lowest BCUT2D eigenvalue weighted by atomic mass is 10.1. The largest absolute Gasteiger partial charge is 0.462 e. The maximum atomic E-state index is 11.3. The highest BCUT2D eigenvalue weighted by molar-refractivity contribution is 6.33. The van der Waals surface area contributed by atoms with Crippen LogP contribution >= 0.6 is 11.6 Å². The molecule has 0 bridgehead atoms. The summed E-state index contributed by atoms with van der Waals surface area (Å²) in [6, 6.07) is 5.27. The summed E-state index contributed by atoms with van der Waals surface area (Å²) in [5, 5.41) is 0.434. The highest BCUT2D eigenvalue weighted by Gasteiger charge is 2.10. The van der Waals surface area contributed by atoms with Crippen LogP contribution in [0.2, 0.25) is 5.02 Å². The first-order valence-corrected chi connectivity index (χ1v) is 4.46. The lowest BCUT2D eigenvalue weighted by Crippen LogP contribution is -2.05. The maximum Gasteiger partial charge on any atom is 0.339 e. The number of halogens is 1. The Hall–Kier alpha value is -1.02. The predicted octanol–water partition coefficient (Wildman–Crippen LogP) is 2.83. The molecule has 1 aromatic carbocycles. The fourth-order valence-corrected chi connectivity index (χ4v) is 1.20. The van der Waals surface area contributed by atoms with Gasteiger partial charge in [-0.05, 0) is 26.0 Å². The number of rotatable bonds is 2. The molecule has 0 radical (unpaired) electrons. The van der Waals surface area contributed by atoms with Crippen molar-refractivity contribution >= 4 is 17.6 Å². The van der Waals surface area contributed by atoms with Gasteiger partial charge in [-0.15, -0.1) is 0 Å². The van der Waals surface area contributed by atoms with Crippen molar-refractivity contribution < 1.29 is 9.53 Å². The van der Waals surface area contributed by atoms with Crippen LogP contribution in [0, 0.1) is 6.92 Å². The van der Waals surface area contributed by atoms with Crippen LogP contribution in [0.25, 0.3) is 0 Å². The molecular formula is C10H11ClO2. The summed E-state index contributed by atoms with van der Waals surface area (Å²) in [7, 11) is 0. The highest BCUT2D eigenvalue weighted by Crippen LogP contribution is 2.18. The number of hydrogen-bond acceptors (Lipinski definition) is 2. The molecule has 3 heteroatoms. The highest BCUT2D eigenvalue weighted by atomic mass is 35.5. The van der Waals surface area contributed by atoms with Crippen molar-refractivity contribution in [2.45, 2.75) is 13.8 Å². The third-order valence-corrected chi connectivity index (χ3v) is 1.95. The molecule has 70 valence electrons. The molecule has 0 heterocycles. The molecule has 0 spiro atoms. The molecule has 0 saturated carbocycles. The molecular weight excluding hydrogens is 188 g/mol. The number of carbonyl (C=O) groups excluding carboxylic acids is 1. The Balaban J connectivity index is 2.99. The van der Waals surface area contributed by atoms with Crippen molar-refractivity contribution in [2.75, 3.05) is 6.61 Å². The number of aryl methyl sites for hydroxylation is 1. The van der Waals surface area contributed by atoms with Gasteiger partial charge >= 0.3 is 5.97 Å². The number of ether oxygens (including phenoxy) is 1. The van der Waals surface area contributed by atoms with Crippen LogP contribution in [0.5, 0.6) is 0 Å². The third kappa shape index (κ3) is 2.46. The van der Waals surface area contributed by atoms with E-state index in [0.29, 0.717) is 17.2 Å². The predicted molar refractivity (Wildman–Crippen MR) is 52.1 cm³/mol. The number of hydrogen-bond donors (Lipinski definition) is 0. The van der Waals surface area contributed by atoms with Crippen LogP contribution in [0.1, 0.15) is 22.8 Å². The first kappa shape index (κ1) is 10.1. The molecule has 0 aliphatic heterocycles. The van der Waals surface area contributed by atoms with Crippen molar-refractivity contribution in [1.82, 2.24) is 0 Å². The molecule has 0 amide bonds. The Labute approximate surface area is 82.5 Å². The Bertz CT molecular complexity index is 321. The zero-order valence-electron chi connectivity index (χ0n) is 7.63. The van der Waals surface area contributed by atoms with Gasteiger partial charge in [0, 0.05) is 0 Å². The Morgan fingerprint density at radius 1 is 1.54 bits per heavy atom. The smallest absolute Gasteiger partial charge is 0.339 e. The number of benzene rings is 1. The van der Waals surface area contributed by atoms with Crippen LogP contribution in [-0.2, 0) is 4.74 Å². The third-order valence-electron chi connectivity index (χ3n) is 1.62. The van der Waals surface area contributed by atoms with E-state index in [1.807, 2.05) is 13.0 Å². The normalized spacial score (nSPS) is 9.77. The van der Waals surface area contributed by atoms with Gasteiger partial charge in [0.15, 0.2) is 0 Å². The van der Waals surface area contributed by atoms with E-state index < -0.39 is 0 Å². The van der Waals surface area contributed by atoms with E-state index >= 15 is 0 Å². The lowest BCUT2D eigenvalue weighted by molar-refractivity contribution is 0.0526. The van der Waals surface area contributed by atoms with Gasteiger partial charge in [-0.1, -0.05) is 23.2 Å². The van der Waals surface area contributed by atoms with Crippen molar-refractivity contribution in [2.24, 2.45) is 0 Å². The first-order chi connectivity index (χ1) is 6.15. The fraction of sp³-hybridized carbons (Fsp3) is 0.300. The minimum Gasteiger partial charge on any atom is -0.462 e. The molecule has 0 unspecified atom stereocenters. The molecule has 0 fully saturated rings. The van der Waals surface area contributed by atoms with Gasteiger partial charge in [-0.2, -0.15) is 0 Å². The molecule has 0 aliphatic rings. The van der Waals surface area contributed by atoms with E-state index in [4.69, 9.17) is 16.3 Å². The molecule has 2 nitrogen and oxygen atoms in total. The van der Waals surface area contributed by atoms with Gasteiger partial charge < -0.3 is 4.74 Å². The SMILES string of the molecule is CCOC(=O)c1cc(C)ccc1Cl. The van der Waals surface area contributed by atoms with E-state index in [1.54, 1.807) is 19.1 Å². The molecule has 0 aromatic heterocycles. The summed E-state index contributed by atoms with van der Waals surface area (Å²) in [6.07, 6.45) is 0. The second kappa shape index (κ2) is 4.28. The van der Waals surface area contributed by atoms with Gasteiger partial charge in [-0.25, -0.2) is 4.79 Å². The van der Waals surface area contributed by atoms with Crippen LogP contribution in [0.3, 0.4) is 0 Å². The fourth-order valence-electron chi connectivity index (χ4n) is 1.00. The zero-order valence-corrected chi connectivity index (χ0v) is 8.39. The van der Waals surface area contributed by atoms with Crippen LogP contribution < -0.4 is 0 Å². The topological polar surface area (TPSA) is 26.3 Å². The van der Waals surface area contributed by atoms with Crippen LogP contribution in [0.15, 0.2) is 18.2 Å². The van der Waals surface area contributed by atoms with Gasteiger partial charge in [0.05, 0.1) is 17.2 Å². The summed E-state index contributed by atoms with van der Waals surface area (Å²) < 4.78 is 4.84. The monoisotopic (exact) mass is 198 g/mol. The van der Waals surface area contributed by atoms with Crippen LogP contribution in [0.4, 0.5) is 0 Å². The van der Waals surface area contributed by atoms with Crippen molar-refractivity contribution in [1.29, 1.82) is 0 Å². The maximum absolute atomic E-state index is 11.3. The summed E-state index contributed by atoms with van der Waals surface area (Å²) in [4.78, 5) is 11.3. The molecule has 0 aliphatic carbocycles. The Morgan fingerprint density at radius 3 is 2.85 bits per heavy atom. The average Bonchev–Trinajstić information content (AvgIpc) is 2.09. The standard InChI is InChI=1S/C10H11ClO2/c1-3-13-10(12)8-6-7(2)4-5-9(8)11/h4-6H,3H2,1-2H3. The summed E-state index contributed by atoms with van der Waals surface area (Å²) in [6.45, 7) is 4.03. The van der Waals surface area contributed by atoms with E-state index in [9.17, 15) is 4.79 Å². The van der Waals surface area contributed by atoms with Gasteiger partial charge in [0.2, 0.25) is 0 Å². The van der Waals surface area contributed by atoms with Crippen molar-refractivity contribution in [3.8, 4) is 0 Å². The van der Waals surface area contributed by atoms with E-state index in [-0.39, 0.29) is 5.97 Å². The second-order valence-electron chi connectivity index (χ2n) is 2.70. The molecule has 13 heavy (non-hydrogen) atoms. The molecule has 0 N–H and O–H groups in total. The minimum absolute atomic E-state index is 0.364. The zero-order chi connectivity index (χ0) is 9.84. The molecule has 1 aromatic rings. The summed E-state index contributed by atoms with van der Waals surface area (Å²) in [5.41, 5.74) is 1.43. The average molecular weight is 199 g/mol. The van der Waals surface area contributed by atoms with E-state index in [2.05, 4.69) is 0 Å². The van der Waals surface area contributed by atoms with Crippen molar-refractivity contribution in [3.05, 3.63) is 34.3 Å².